The lowest BCUT2D eigenvalue weighted by atomic mass is 9.83. The monoisotopic (exact) mass is 267 g/mol. The van der Waals surface area contributed by atoms with E-state index < -0.39 is 0 Å². The van der Waals surface area contributed by atoms with E-state index in [0.29, 0.717) is 10.8 Å². The minimum atomic E-state index is -0.168. The van der Waals surface area contributed by atoms with E-state index in [0.717, 1.165) is 13.0 Å². The maximum atomic E-state index is 11.9. The lowest BCUT2D eigenvalue weighted by molar-refractivity contribution is 0.0922. The summed E-state index contributed by atoms with van der Waals surface area (Å²) in [6.07, 6.45) is 6.06. The first-order valence-corrected chi connectivity index (χ1v) is 6.80. The van der Waals surface area contributed by atoms with Gasteiger partial charge in [-0.3, -0.25) is 4.79 Å². The highest BCUT2D eigenvalue weighted by atomic mass is 35.5. The van der Waals surface area contributed by atoms with Gasteiger partial charge in [-0.25, -0.2) is 0 Å². The molecule has 0 unspecified atom stereocenters. The van der Waals surface area contributed by atoms with E-state index in [1.807, 2.05) is 0 Å². The van der Waals surface area contributed by atoms with Crippen molar-refractivity contribution in [1.29, 1.82) is 0 Å². The Hall–Kier alpha value is -1.16. The second-order valence-electron chi connectivity index (χ2n) is 4.98. The number of carbonyl (C=O) groups excluding carboxylic acids is 1. The molecule has 1 heterocycles. The largest absolute Gasteiger partial charge is 0.350 e. The molecule has 0 spiro atoms. The molecule has 0 aromatic carbocycles. The summed E-state index contributed by atoms with van der Waals surface area (Å²) in [4.78, 5) is 11.9. The molecule has 0 bridgehead atoms. The fraction of sp³-hybridized carbons (Fsp3) is 0.615. The average Bonchev–Trinajstić information content (AvgIpc) is 2.86. The van der Waals surface area contributed by atoms with Crippen LogP contribution in [0, 0.1) is 5.41 Å². The zero-order valence-electron chi connectivity index (χ0n) is 10.6. The molecule has 0 radical (unpaired) electrons. The number of rotatable bonds is 4. The first-order valence-electron chi connectivity index (χ1n) is 6.43. The third kappa shape index (κ3) is 2.99. The van der Waals surface area contributed by atoms with Crippen LogP contribution in [0.4, 0.5) is 0 Å². The van der Waals surface area contributed by atoms with E-state index in [-0.39, 0.29) is 11.3 Å². The molecular weight excluding hydrogens is 250 g/mol. The lowest BCUT2D eigenvalue weighted by Crippen LogP contribution is -2.36. The molecule has 98 valence electrons. The van der Waals surface area contributed by atoms with E-state index in [4.69, 9.17) is 11.6 Å². The van der Waals surface area contributed by atoms with Crippen LogP contribution in [0.15, 0.2) is 12.1 Å². The molecule has 2 rings (SSSR count). The van der Waals surface area contributed by atoms with Gasteiger partial charge in [-0.2, -0.15) is 0 Å². The third-order valence-electron chi connectivity index (χ3n) is 3.90. The maximum absolute atomic E-state index is 11.9. The zero-order chi connectivity index (χ0) is 13.0. The first-order chi connectivity index (χ1) is 8.65. The maximum Gasteiger partial charge on any atom is 0.271 e. The Labute approximate surface area is 112 Å². The number of nitrogens with zero attached hydrogens (tertiary/aromatic N) is 2. The minimum absolute atomic E-state index is 0.168. The van der Waals surface area contributed by atoms with E-state index in [2.05, 4.69) is 22.4 Å². The van der Waals surface area contributed by atoms with Gasteiger partial charge in [0.15, 0.2) is 10.8 Å². The van der Waals surface area contributed by atoms with Crippen molar-refractivity contribution >= 4 is 17.5 Å². The van der Waals surface area contributed by atoms with Gasteiger partial charge in [0.1, 0.15) is 0 Å². The molecule has 1 aromatic heterocycles. The zero-order valence-corrected chi connectivity index (χ0v) is 11.3. The van der Waals surface area contributed by atoms with Crippen LogP contribution in [0.25, 0.3) is 0 Å². The Morgan fingerprint density at radius 2 is 2.11 bits per heavy atom. The highest BCUT2D eigenvalue weighted by Gasteiger charge is 2.32. The van der Waals surface area contributed by atoms with Crippen LogP contribution in [-0.2, 0) is 0 Å². The Bertz CT molecular complexity index is 413. The molecule has 1 saturated carbocycles. The van der Waals surface area contributed by atoms with Gasteiger partial charge in [-0.15, -0.1) is 10.2 Å². The third-order valence-corrected chi connectivity index (χ3v) is 4.10. The normalized spacial score (nSPS) is 17.7. The predicted octanol–water partition coefficient (Wildman–Crippen LogP) is 2.83. The van der Waals surface area contributed by atoms with Gasteiger partial charge in [0, 0.05) is 6.54 Å². The van der Waals surface area contributed by atoms with E-state index in [1.54, 1.807) is 12.1 Å². The number of carbonyl (C=O) groups is 1. The summed E-state index contributed by atoms with van der Waals surface area (Å²) in [6, 6.07) is 3.17. The van der Waals surface area contributed by atoms with Gasteiger partial charge in [-0.1, -0.05) is 31.4 Å². The van der Waals surface area contributed by atoms with Gasteiger partial charge in [-0.05, 0) is 36.8 Å². The highest BCUT2D eigenvalue weighted by Crippen LogP contribution is 2.40. The van der Waals surface area contributed by atoms with Crippen LogP contribution in [0.1, 0.15) is 49.5 Å². The molecule has 1 amide bonds. The molecular formula is C13H18ClN3O. The summed E-state index contributed by atoms with van der Waals surface area (Å²) in [5, 5.41) is 10.7. The molecule has 4 nitrogen and oxygen atoms in total. The highest BCUT2D eigenvalue weighted by molar-refractivity contribution is 6.29. The Balaban J connectivity index is 1.93. The summed E-state index contributed by atoms with van der Waals surface area (Å²) < 4.78 is 0. The van der Waals surface area contributed by atoms with E-state index in [9.17, 15) is 4.79 Å². The summed E-state index contributed by atoms with van der Waals surface area (Å²) >= 11 is 5.64. The fourth-order valence-electron chi connectivity index (χ4n) is 2.58. The molecule has 0 atom stereocenters. The van der Waals surface area contributed by atoms with Crippen LogP contribution >= 0.6 is 11.6 Å². The van der Waals surface area contributed by atoms with E-state index in [1.165, 1.54) is 25.7 Å². The van der Waals surface area contributed by atoms with Crippen molar-refractivity contribution in [2.75, 3.05) is 6.54 Å². The second-order valence-corrected chi connectivity index (χ2v) is 5.37. The van der Waals surface area contributed by atoms with Crippen molar-refractivity contribution in [1.82, 2.24) is 15.5 Å². The van der Waals surface area contributed by atoms with Crippen LogP contribution in [0.5, 0.6) is 0 Å². The smallest absolute Gasteiger partial charge is 0.271 e. The molecule has 1 aliphatic carbocycles. The van der Waals surface area contributed by atoms with Crippen molar-refractivity contribution in [2.45, 2.75) is 39.0 Å². The summed E-state index contributed by atoms with van der Waals surface area (Å²) in [5.41, 5.74) is 0.610. The number of nitrogens with one attached hydrogen (secondary N) is 1. The number of hydrogen-bond donors (Lipinski definition) is 1. The molecule has 5 heteroatoms. The minimum Gasteiger partial charge on any atom is -0.350 e. The molecule has 18 heavy (non-hydrogen) atoms. The van der Waals surface area contributed by atoms with Crippen LogP contribution in [0.2, 0.25) is 5.15 Å². The lowest BCUT2D eigenvalue weighted by Gasteiger charge is -2.27. The summed E-state index contributed by atoms with van der Waals surface area (Å²) in [6.45, 7) is 2.92. The molecule has 0 saturated heterocycles. The second kappa shape index (κ2) is 5.65. The number of hydrogen-bond acceptors (Lipinski definition) is 3. The predicted molar refractivity (Wildman–Crippen MR) is 70.6 cm³/mol. The van der Waals surface area contributed by atoms with Gasteiger partial charge >= 0.3 is 0 Å². The van der Waals surface area contributed by atoms with Crippen molar-refractivity contribution < 1.29 is 4.79 Å². The van der Waals surface area contributed by atoms with Crippen molar-refractivity contribution in [3.05, 3.63) is 23.0 Å². The summed E-state index contributed by atoms with van der Waals surface area (Å²) in [7, 11) is 0. The Morgan fingerprint density at radius 1 is 1.39 bits per heavy atom. The van der Waals surface area contributed by atoms with Crippen LogP contribution < -0.4 is 5.32 Å². The van der Waals surface area contributed by atoms with Gasteiger partial charge in [0.2, 0.25) is 0 Å². The number of aromatic nitrogens is 2. The molecule has 1 fully saturated rings. The Morgan fingerprint density at radius 3 is 2.67 bits per heavy atom. The van der Waals surface area contributed by atoms with E-state index >= 15 is 0 Å². The summed E-state index contributed by atoms with van der Waals surface area (Å²) in [5.74, 6) is -0.168. The van der Waals surface area contributed by atoms with Gasteiger partial charge < -0.3 is 5.32 Å². The van der Waals surface area contributed by atoms with Crippen LogP contribution in [0.3, 0.4) is 0 Å². The van der Waals surface area contributed by atoms with Crippen molar-refractivity contribution in [3.8, 4) is 0 Å². The van der Waals surface area contributed by atoms with Crippen molar-refractivity contribution in [3.63, 3.8) is 0 Å². The molecule has 1 aromatic rings. The number of amides is 1. The van der Waals surface area contributed by atoms with Crippen LogP contribution in [-0.4, -0.2) is 22.6 Å². The Kier molecular flexibility index (Phi) is 4.17. The van der Waals surface area contributed by atoms with Gasteiger partial charge in [0.25, 0.3) is 5.91 Å². The number of halogens is 1. The quantitative estimate of drug-likeness (QED) is 0.913. The SMILES string of the molecule is CCC1(CNC(=O)c2ccc(Cl)nn2)CCCC1. The fourth-order valence-corrected chi connectivity index (χ4v) is 2.68. The van der Waals surface area contributed by atoms with Crippen molar-refractivity contribution in [2.24, 2.45) is 5.41 Å². The topological polar surface area (TPSA) is 54.9 Å². The van der Waals surface area contributed by atoms with Gasteiger partial charge in [0.05, 0.1) is 0 Å². The first kappa shape index (κ1) is 13.3. The molecule has 1 aliphatic rings. The average molecular weight is 268 g/mol. The standard InChI is InChI=1S/C13H18ClN3O/c1-2-13(7-3-4-8-13)9-15-12(18)10-5-6-11(14)17-16-10/h5-6H,2-4,7-9H2,1H3,(H,15,18). The molecule has 1 N–H and O–H groups in total. The molecule has 0 aliphatic heterocycles.